The summed E-state index contributed by atoms with van der Waals surface area (Å²) in [5, 5.41) is 11.3. The fourth-order valence-corrected chi connectivity index (χ4v) is 1.18. The Morgan fingerprint density at radius 1 is 1.37 bits per heavy atom. The molecule has 0 aromatic rings. The van der Waals surface area contributed by atoms with Gasteiger partial charge in [-0.15, -0.1) is 6.58 Å². The van der Waals surface area contributed by atoms with Gasteiger partial charge < -0.3 is 19.9 Å². The van der Waals surface area contributed by atoms with Gasteiger partial charge in [0, 0.05) is 19.6 Å². The van der Waals surface area contributed by atoms with Gasteiger partial charge in [-0.3, -0.25) is 0 Å². The van der Waals surface area contributed by atoms with Crippen LogP contribution in [0.1, 0.15) is 33.6 Å². The van der Waals surface area contributed by atoms with E-state index in [9.17, 15) is 9.59 Å². The van der Waals surface area contributed by atoms with Gasteiger partial charge in [0.2, 0.25) is 0 Å². The summed E-state index contributed by atoms with van der Waals surface area (Å²) >= 11 is 0. The predicted molar refractivity (Wildman–Crippen MR) is 71.0 cm³/mol. The fraction of sp³-hybridized carbons (Fsp3) is 0.692. The zero-order chi connectivity index (χ0) is 14.9. The van der Waals surface area contributed by atoms with Gasteiger partial charge in [-0.25, -0.2) is 9.59 Å². The van der Waals surface area contributed by atoms with E-state index >= 15 is 0 Å². The summed E-state index contributed by atoms with van der Waals surface area (Å²) in [5.41, 5.74) is -0.659. The van der Waals surface area contributed by atoms with Crippen LogP contribution in [0.15, 0.2) is 12.7 Å². The van der Waals surface area contributed by atoms with Crippen LogP contribution in [-0.4, -0.2) is 42.0 Å². The van der Waals surface area contributed by atoms with Crippen LogP contribution in [0.4, 0.5) is 4.79 Å². The molecule has 6 nitrogen and oxygen atoms in total. The number of aliphatic carboxylic acids is 1. The topological polar surface area (TPSA) is 84.9 Å². The van der Waals surface area contributed by atoms with Crippen molar-refractivity contribution >= 4 is 12.1 Å². The van der Waals surface area contributed by atoms with Gasteiger partial charge in [-0.05, 0) is 27.2 Å². The van der Waals surface area contributed by atoms with Crippen LogP contribution < -0.4 is 5.32 Å². The Bertz CT molecular complexity index is 309. The molecule has 0 heterocycles. The Labute approximate surface area is 113 Å². The van der Waals surface area contributed by atoms with E-state index in [1.807, 2.05) is 0 Å². The standard InChI is InChI=1S/C13H23NO5/c1-5-6-8-18-9-7-10(11(15)16)14-12(17)19-13(2,3)4/h5,10H,1,6-9H2,2-4H3,(H,14,17)(H,15,16). The highest BCUT2D eigenvalue weighted by Gasteiger charge is 2.23. The van der Waals surface area contributed by atoms with Crippen LogP contribution in [0.2, 0.25) is 0 Å². The monoisotopic (exact) mass is 273 g/mol. The number of carboxylic acids is 1. The predicted octanol–water partition coefficient (Wildman–Crippen LogP) is 1.95. The second kappa shape index (κ2) is 8.53. The SMILES string of the molecule is C=CCCOCCC(NC(=O)OC(C)(C)C)C(=O)O. The summed E-state index contributed by atoms with van der Waals surface area (Å²) in [6.07, 6.45) is 1.86. The molecule has 0 spiro atoms. The number of carboxylic acid groups (broad SMARTS) is 1. The van der Waals surface area contributed by atoms with Crippen LogP contribution in [0.3, 0.4) is 0 Å². The minimum atomic E-state index is -1.11. The first-order valence-corrected chi connectivity index (χ1v) is 6.17. The Hall–Kier alpha value is -1.56. The first kappa shape index (κ1) is 17.4. The molecular formula is C13H23NO5. The van der Waals surface area contributed by atoms with E-state index in [4.69, 9.17) is 14.6 Å². The molecule has 1 unspecified atom stereocenters. The molecule has 2 N–H and O–H groups in total. The molecule has 0 saturated carbocycles. The molecule has 0 aromatic heterocycles. The van der Waals surface area contributed by atoms with Gasteiger partial charge in [-0.2, -0.15) is 0 Å². The number of rotatable bonds is 8. The third kappa shape index (κ3) is 10.1. The molecule has 0 rings (SSSR count). The second-order valence-electron chi connectivity index (χ2n) is 5.02. The average Bonchev–Trinajstić information content (AvgIpc) is 2.24. The number of ether oxygens (including phenoxy) is 2. The van der Waals surface area contributed by atoms with E-state index in [1.165, 1.54) is 0 Å². The Kier molecular flexibility index (Phi) is 7.83. The molecule has 110 valence electrons. The van der Waals surface area contributed by atoms with E-state index in [0.29, 0.717) is 13.0 Å². The Morgan fingerprint density at radius 3 is 2.47 bits per heavy atom. The number of hydrogen-bond donors (Lipinski definition) is 2. The van der Waals surface area contributed by atoms with Gasteiger partial charge in [0.1, 0.15) is 11.6 Å². The molecule has 6 heteroatoms. The first-order valence-electron chi connectivity index (χ1n) is 6.17. The zero-order valence-corrected chi connectivity index (χ0v) is 11.8. The van der Waals surface area contributed by atoms with Gasteiger partial charge in [0.05, 0.1) is 0 Å². The summed E-state index contributed by atoms with van der Waals surface area (Å²) in [7, 11) is 0. The van der Waals surface area contributed by atoms with Crippen molar-refractivity contribution in [1.82, 2.24) is 5.32 Å². The van der Waals surface area contributed by atoms with E-state index in [2.05, 4.69) is 11.9 Å². The first-order chi connectivity index (χ1) is 8.76. The van der Waals surface area contributed by atoms with Crippen molar-refractivity contribution in [2.24, 2.45) is 0 Å². The van der Waals surface area contributed by atoms with Crippen molar-refractivity contribution in [2.45, 2.75) is 45.3 Å². The summed E-state index contributed by atoms with van der Waals surface area (Å²) in [6, 6.07) is -1.02. The van der Waals surface area contributed by atoms with Crippen molar-refractivity contribution < 1.29 is 24.2 Å². The smallest absolute Gasteiger partial charge is 0.408 e. The van der Waals surface area contributed by atoms with Crippen molar-refractivity contribution in [3.63, 3.8) is 0 Å². The van der Waals surface area contributed by atoms with Crippen LogP contribution in [0.5, 0.6) is 0 Å². The van der Waals surface area contributed by atoms with Gasteiger partial charge >= 0.3 is 12.1 Å². The van der Waals surface area contributed by atoms with Crippen LogP contribution >= 0.6 is 0 Å². The highest BCUT2D eigenvalue weighted by molar-refractivity contribution is 5.79. The highest BCUT2D eigenvalue weighted by Crippen LogP contribution is 2.07. The molecule has 0 aromatic carbocycles. The lowest BCUT2D eigenvalue weighted by molar-refractivity contribution is -0.140. The molecule has 19 heavy (non-hydrogen) atoms. The minimum absolute atomic E-state index is 0.186. The molecular weight excluding hydrogens is 250 g/mol. The normalized spacial score (nSPS) is 12.6. The van der Waals surface area contributed by atoms with Crippen LogP contribution in [-0.2, 0) is 14.3 Å². The van der Waals surface area contributed by atoms with E-state index in [1.54, 1.807) is 26.8 Å². The summed E-state index contributed by atoms with van der Waals surface area (Å²) < 4.78 is 10.2. The Morgan fingerprint density at radius 2 is 2.00 bits per heavy atom. The molecule has 0 aliphatic carbocycles. The second-order valence-corrected chi connectivity index (χ2v) is 5.02. The van der Waals surface area contributed by atoms with Crippen molar-refractivity contribution in [1.29, 1.82) is 0 Å². The summed E-state index contributed by atoms with van der Waals surface area (Å²) in [5.74, 6) is -1.11. The third-order valence-electron chi connectivity index (χ3n) is 2.01. The Balaban J connectivity index is 4.08. The fourth-order valence-electron chi connectivity index (χ4n) is 1.18. The van der Waals surface area contributed by atoms with Crippen molar-refractivity contribution in [3.05, 3.63) is 12.7 Å². The maximum Gasteiger partial charge on any atom is 0.408 e. The zero-order valence-electron chi connectivity index (χ0n) is 11.8. The molecule has 0 aliphatic rings. The number of carbonyl (C=O) groups is 2. The summed E-state index contributed by atoms with van der Waals surface area (Å²) in [6.45, 7) is 9.41. The lowest BCUT2D eigenvalue weighted by Gasteiger charge is -2.21. The number of amides is 1. The molecule has 0 aliphatic heterocycles. The van der Waals surface area contributed by atoms with Crippen molar-refractivity contribution in [3.8, 4) is 0 Å². The molecule has 0 fully saturated rings. The van der Waals surface area contributed by atoms with Gasteiger partial charge in [0.15, 0.2) is 0 Å². The number of alkyl carbamates (subject to hydrolysis) is 1. The average molecular weight is 273 g/mol. The maximum absolute atomic E-state index is 11.5. The molecule has 0 saturated heterocycles. The molecule has 0 radical (unpaired) electrons. The highest BCUT2D eigenvalue weighted by atomic mass is 16.6. The lowest BCUT2D eigenvalue weighted by atomic mass is 10.2. The van der Waals surface area contributed by atoms with E-state index in [-0.39, 0.29) is 13.0 Å². The molecule has 1 atom stereocenters. The number of nitrogens with one attached hydrogen (secondary N) is 1. The summed E-state index contributed by atoms with van der Waals surface area (Å²) in [4.78, 5) is 22.4. The van der Waals surface area contributed by atoms with Crippen molar-refractivity contribution in [2.75, 3.05) is 13.2 Å². The number of hydrogen-bond acceptors (Lipinski definition) is 4. The molecule has 0 bridgehead atoms. The van der Waals surface area contributed by atoms with E-state index in [0.717, 1.165) is 0 Å². The van der Waals surface area contributed by atoms with Gasteiger partial charge in [-0.1, -0.05) is 6.08 Å². The van der Waals surface area contributed by atoms with Gasteiger partial charge in [0.25, 0.3) is 0 Å². The third-order valence-corrected chi connectivity index (χ3v) is 2.01. The van der Waals surface area contributed by atoms with Crippen LogP contribution in [0, 0.1) is 0 Å². The maximum atomic E-state index is 11.5. The van der Waals surface area contributed by atoms with E-state index < -0.39 is 23.7 Å². The number of carbonyl (C=O) groups excluding carboxylic acids is 1. The molecule has 1 amide bonds. The minimum Gasteiger partial charge on any atom is -0.480 e. The van der Waals surface area contributed by atoms with Crippen LogP contribution in [0.25, 0.3) is 0 Å². The quantitative estimate of drug-likeness (QED) is 0.521. The largest absolute Gasteiger partial charge is 0.480 e. The lowest BCUT2D eigenvalue weighted by Crippen LogP contribution is -2.44.